The minimum absolute atomic E-state index is 0.0479. The number of hydrogen-bond acceptors (Lipinski definition) is 4. The predicted octanol–water partition coefficient (Wildman–Crippen LogP) is 4.05. The lowest BCUT2D eigenvalue weighted by Crippen LogP contribution is -2.32. The minimum Gasteiger partial charge on any atom is -0.462 e. The van der Waals surface area contributed by atoms with Crippen LogP contribution < -0.4 is 5.32 Å². The molecule has 1 aliphatic rings. The number of nitrogens with zero attached hydrogens (tertiary/aromatic N) is 1. The van der Waals surface area contributed by atoms with E-state index >= 15 is 0 Å². The van der Waals surface area contributed by atoms with Gasteiger partial charge in [-0.3, -0.25) is 5.10 Å². The van der Waals surface area contributed by atoms with Gasteiger partial charge in [0.05, 0.1) is 18.4 Å². The first kappa shape index (κ1) is 18.0. The Kier molecular flexibility index (Phi) is 4.76. The summed E-state index contributed by atoms with van der Waals surface area (Å²) in [6.07, 6.45) is -2.80. The molecule has 1 aliphatic heterocycles. The summed E-state index contributed by atoms with van der Waals surface area (Å²) in [7, 11) is 0. The molecule has 138 valence electrons. The Labute approximate surface area is 148 Å². The van der Waals surface area contributed by atoms with Gasteiger partial charge in [-0.2, -0.15) is 18.3 Å². The van der Waals surface area contributed by atoms with Crippen molar-refractivity contribution in [2.75, 3.05) is 11.9 Å². The number of carbonyl (C=O) groups is 1. The van der Waals surface area contributed by atoms with Gasteiger partial charge in [-0.1, -0.05) is 36.8 Å². The molecule has 0 amide bonds. The van der Waals surface area contributed by atoms with Gasteiger partial charge in [-0.15, -0.1) is 0 Å². The lowest BCUT2D eigenvalue weighted by Gasteiger charge is -2.29. The molecule has 8 heteroatoms. The van der Waals surface area contributed by atoms with Gasteiger partial charge in [0.2, 0.25) is 0 Å². The van der Waals surface area contributed by atoms with E-state index in [0.717, 1.165) is 5.56 Å². The van der Waals surface area contributed by atoms with Crippen LogP contribution >= 0.6 is 0 Å². The number of nitrogens with one attached hydrogen (secondary N) is 2. The van der Waals surface area contributed by atoms with Crippen LogP contribution in [0.1, 0.15) is 36.0 Å². The van der Waals surface area contributed by atoms with E-state index in [2.05, 4.69) is 15.5 Å². The van der Waals surface area contributed by atoms with Crippen molar-refractivity contribution in [2.24, 2.45) is 0 Å². The van der Waals surface area contributed by atoms with E-state index in [-0.39, 0.29) is 12.4 Å². The van der Waals surface area contributed by atoms with E-state index < -0.39 is 29.3 Å². The molecule has 0 bridgehead atoms. The van der Waals surface area contributed by atoms with Crippen molar-refractivity contribution in [3.63, 3.8) is 0 Å². The summed E-state index contributed by atoms with van der Waals surface area (Å²) in [5.41, 5.74) is 0.333. The Balaban J connectivity index is 2.21. The lowest BCUT2D eigenvalue weighted by atomic mass is 9.82. The second-order valence-electron chi connectivity index (χ2n) is 6.09. The maximum Gasteiger partial charge on any atom is 0.431 e. The van der Waals surface area contributed by atoms with Crippen LogP contribution in [-0.2, 0) is 9.53 Å². The molecule has 0 spiro atoms. The number of carbonyl (C=O) groups excluding carboxylic acids is 1. The molecule has 2 N–H and O–H groups in total. The number of allylic oxidation sites excluding steroid dienone is 1. The maximum atomic E-state index is 13.7. The molecule has 0 radical (unpaired) electrons. The zero-order valence-electron chi connectivity index (χ0n) is 14.3. The van der Waals surface area contributed by atoms with Crippen molar-refractivity contribution < 1.29 is 22.7 Å². The number of alkyl halides is 3. The molecule has 26 heavy (non-hydrogen) atoms. The standard InChI is InChI=1S/C18H18F3N3O2/c1-3-7-26-17(25)14-13(11-6-4-5-10(2)8-11)12-9-22-24-16(12)23-15(14)18(19,20)21/h4-6,8-9,13H,3,7H2,1-2H3,(H2,22,23,24). The molecule has 1 atom stereocenters. The van der Waals surface area contributed by atoms with Gasteiger partial charge in [0.15, 0.2) is 0 Å². The molecular weight excluding hydrogens is 347 g/mol. The number of ether oxygens (including phenoxy) is 1. The third-order valence-electron chi connectivity index (χ3n) is 4.10. The van der Waals surface area contributed by atoms with Crippen LogP contribution in [0, 0.1) is 6.92 Å². The SMILES string of the molecule is CCCOC(=O)C1=C(C(F)(F)F)Nc2[nH]ncc2C1c1cccc(C)c1. The minimum atomic E-state index is -4.74. The van der Waals surface area contributed by atoms with E-state index in [9.17, 15) is 18.0 Å². The van der Waals surface area contributed by atoms with Crippen molar-refractivity contribution in [1.29, 1.82) is 0 Å². The molecule has 2 aromatic rings. The van der Waals surface area contributed by atoms with Crippen LogP contribution in [0.25, 0.3) is 0 Å². The maximum absolute atomic E-state index is 13.7. The Bertz CT molecular complexity index is 855. The molecule has 0 saturated carbocycles. The highest BCUT2D eigenvalue weighted by atomic mass is 19.4. The van der Waals surface area contributed by atoms with Gasteiger partial charge in [0.1, 0.15) is 11.5 Å². The molecule has 1 unspecified atom stereocenters. The largest absolute Gasteiger partial charge is 0.462 e. The van der Waals surface area contributed by atoms with Crippen LogP contribution in [-0.4, -0.2) is 28.9 Å². The van der Waals surface area contributed by atoms with Gasteiger partial charge in [-0.05, 0) is 18.9 Å². The number of aromatic nitrogens is 2. The van der Waals surface area contributed by atoms with Gasteiger partial charge in [0, 0.05) is 11.5 Å². The highest BCUT2D eigenvalue weighted by Gasteiger charge is 2.46. The number of aryl methyl sites for hydroxylation is 1. The molecule has 0 aliphatic carbocycles. The van der Waals surface area contributed by atoms with Crippen molar-refractivity contribution >= 4 is 11.8 Å². The normalized spacial score (nSPS) is 16.9. The number of aromatic amines is 1. The Hall–Kier alpha value is -2.77. The predicted molar refractivity (Wildman–Crippen MR) is 89.6 cm³/mol. The second-order valence-corrected chi connectivity index (χ2v) is 6.09. The quantitative estimate of drug-likeness (QED) is 0.803. The summed E-state index contributed by atoms with van der Waals surface area (Å²) in [4.78, 5) is 12.6. The first-order chi connectivity index (χ1) is 12.3. The topological polar surface area (TPSA) is 67.0 Å². The number of halogens is 3. The number of rotatable bonds is 4. The summed E-state index contributed by atoms with van der Waals surface area (Å²) >= 11 is 0. The number of H-pyrrole nitrogens is 1. The van der Waals surface area contributed by atoms with Crippen LogP contribution in [0.2, 0.25) is 0 Å². The summed E-state index contributed by atoms with van der Waals surface area (Å²) < 4.78 is 46.1. The third kappa shape index (κ3) is 3.31. The Morgan fingerprint density at radius 2 is 2.12 bits per heavy atom. The average molecular weight is 365 g/mol. The van der Waals surface area contributed by atoms with Crippen LogP contribution in [0.15, 0.2) is 41.7 Å². The Morgan fingerprint density at radius 1 is 1.35 bits per heavy atom. The van der Waals surface area contributed by atoms with E-state index in [4.69, 9.17) is 4.74 Å². The average Bonchev–Trinajstić information content (AvgIpc) is 3.05. The van der Waals surface area contributed by atoms with E-state index in [1.807, 2.05) is 13.0 Å². The van der Waals surface area contributed by atoms with Crippen LogP contribution in [0.5, 0.6) is 0 Å². The third-order valence-corrected chi connectivity index (χ3v) is 4.10. The Morgan fingerprint density at radius 3 is 2.77 bits per heavy atom. The zero-order valence-corrected chi connectivity index (χ0v) is 14.3. The fraction of sp³-hybridized carbons (Fsp3) is 0.333. The summed E-state index contributed by atoms with van der Waals surface area (Å²) in [5, 5.41) is 8.64. The van der Waals surface area contributed by atoms with Crippen LogP contribution in [0.3, 0.4) is 0 Å². The van der Waals surface area contributed by atoms with Crippen molar-refractivity contribution in [1.82, 2.24) is 10.2 Å². The number of benzene rings is 1. The molecule has 0 fully saturated rings. The molecule has 0 saturated heterocycles. The fourth-order valence-electron chi connectivity index (χ4n) is 3.02. The number of hydrogen-bond donors (Lipinski definition) is 2. The zero-order chi connectivity index (χ0) is 18.9. The lowest BCUT2D eigenvalue weighted by molar-refractivity contribution is -0.140. The van der Waals surface area contributed by atoms with Crippen molar-refractivity contribution in [2.45, 2.75) is 32.4 Å². The fourth-order valence-corrected chi connectivity index (χ4v) is 3.02. The van der Waals surface area contributed by atoms with Crippen molar-refractivity contribution in [3.05, 3.63) is 58.4 Å². The second kappa shape index (κ2) is 6.86. The van der Waals surface area contributed by atoms with E-state index in [0.29, 0.717) is 17.5 Å². The molecule has 5 nitrogen and oxygen atoms in total. The van der Waals surface area contributed by atoms with Crippen LogP contribution in [0.4, 0.5) is 19.0 Å². The smallest absolute Gasteiger partial charge is 0.431 e. The number of anilines is 1. The van der Waals surface area contributed by atoms with Gasteiger partial charge < -0.3 is 10.1 Å². The molecule has 3 rings (SSSR count). The molecule has 1 aromatic carbocycles. The monoisotopic (exact) mass is 365 g/mol. The van der Waals surface area contributed by atoms with E-state index in [1.165, 1.54) is 6.20 Å². The van der Waals surface area contributed by atoms with Gasteiger partial charge >= 0.3 is 12.1 Å². The van der Waals surface area contributed by atoms with Crippen molar-refractivity contribution in [3.8, 4) is 0 Å². The van der Waals surface area contributed by atoms with Gasteiger partial charge in [0.25, 0.3) is 0 Å². The first-order valence-electron chi connectivity index (χ1n) is 8.18. The highest BCUT2D eigenvalue weighted by Crippen LogP contribution is 2.45. The summed E-state index contributed by atoms with van der Waals surface area (Å²) in [6, 6.07) is 7.04. The van der Waals surface area contributed by atoms with E-state index in [1.54, 1.807) is 25.1 Å². The van der Waals surface area contributed by atoms with Gasteiger partial charge in [-0.25, -0.2) is 4.79 Å². The highest BCUT2D eigenvalue weighted by molar-refractivity contribution is 5.94. The number of fused-ring (bicyclic) bond motifs is 1. The summed E-state index contributed by atoms with van der Waals surface area (Å²) in [5.74, 6) is -1.79. The molecule has 1 aromatic heterocycles. The molecular formula is C18H18F3N3O2. The number of esters is 1. The summed E-state index contributed by atoms with van der Waals surface area (Å²) in [6.45, 7) is 3.66. The molecule has 2 heterocycles. The first-order valence-corrected chi connectivity index (χ1v) is 8.18.